The van der Waals surface area contributed by atoms with Crippen molar-refractivity contribution in [3.63, 3.8) is 0 Å². The van der Waals surface area contributed by atoms with Gasteiger partial charge in [0.15, 0.2) is 0 Å². The molecule has 0 aromatic carbocycles. The molecule has 1 rings (SSSR count). The van der Waals surface area contributed by atoms with Crippen molar-refractivity contribution < 1.29 is 9.53 Å². The van der Waals surface area contributed by atoms with Crippen LogP contribution in [-0.2, 0) is 9.53 Å². The molecule has 1 fully saturated rings. The molecule has 2 heteroatoms. The summed E-state index contributed by atoms with van der Waals surface area (Å²) in [6.07, 6.45) is 3.17. The van der Waals surface area contributed by atoms with Crippen LogP contribution in [0.3, 0.4) is 0 Å². The lowest BCUT2D eigenvalue weighted by Gasteiger charge is -1.90. The van der Waals surface area contributed by atoms with Gasteiger partial charge in [-0.15, -0.1) is 6.58 Å². The summed E-state index contributed by atoms with van der Waals surface area (Å²) in [5.41, 5.74) is 1.17. The van der Waals surface area contributed by atoms with E-state index < -0.39 is 0 Å². The molecule has 0 aromatic rings. The van der Waals surface area contributed by atoms with Crippen LogP contribution in [0.15, 0.2) is 25.0 Å². The highest BCUT2D eigenvalue weighted by Crippen LogP contribution is 2.29. The predicted molar refractivity (Wildman–Crippen MR) is 49.5 cm³/mol. The van der Waals surface area contributed by atoms with Crippen LogP contribution >= 0.6 is 0 Å². The number of ether oxygens (including phenoxy) is 1. The van der Waals surface area contributed by atoms with Crippen molar-refractivity contribution in [3.8, 4) is 0 Å². The van der Waals surface area contributed by atoms with E-state index >= 15 is 0 Å². The van der Waals surface area contributed by atoms with Gasteiger partial charge < -0.3 is 4.74 Å². The Morgan fingerprint density at radius 3 is 2.17 bits per heavy atom. The summed E-state index contributed by atoms with van der Waals surface area (Å²) in [5, 5.41) is 0. The molecule has 0 unspecified atom stereocenters. The first-order chi connectivity index (χ1) is 5.57. The molecular formula is C10H16O2. The van der Waals surface area contributed by atoms with Gasteiger partial charge in [-0.3, -0.25) is 4.79 Å². The number of hydrogen-bond acceptors (Lipinski definition) is 2. The van der Waals surface area contributed by atoms with Gasteiger partial charge in [0.25, 0.3) is 0 Å². The summed E-state index contributed by atoms with van der Waals surface area (Å²) in [6.45, 7) is 10.8. The minimum absolute atomic E-state index is 0.125. The second-order valence-electron chi connectivity index (χ2n) is 3.08. The molecule has 0 aliphatic heterocycles. The van der Waals surface area contributed by atoms with Crippen molar-refractivity contribution >= 4 is 5.97 Å². The summed E-state index contributed by atoms with van der Waals surface area (Å²) >= 11 is 0. The Morgan fingerprint density at radius 2 is 1.92 bits per heavy atom. The van der Waals surface area contributed by atoms with Crippen molar-refractivity contribution in [2.45, 2.75) is 26.7 Å². The summed E-state index contributed by atoms with van der Waals surface area (Å²) in [6, 6.07) is 0. The Morgan fingerprint density at radius 1 is 1.50 bits per heavy atom. The highest BCUT2D eigenvalue weighted by Gasteiger charge is 2.30. The Bertz CT molecular complexity index is 174. The molecule has 0 amide bonds. The van der Waals surface area contributed by atoms with Gasteiger partial charge in [0, 0.05) is 0 Å². The molecule has 12 heavy (non-hydrogen) atoms. The molecule has 0 saturated heterocycles. The lowest BCUT2D eigenvalue weighted by Crippen LogP contribution is -2.00. The van der Waals surface area contributed by atoms with Gasteiger partial charge in [-0.1, -0.05) is 12.2 Å². The third kappa shape index (κ3) is 7.06. The zero-order valence-corrected chi connectivity index (χ0v) is 7.80. The van der Waals surface area contributed by atoms with Gasteiger partial charge in [0.1, 0.15) is 0 Å². The molecule has 1 aliphatic rings. The average Bonchev–Trinajstić information content (AvgIpc) is 2.66. The van der Waals surface area contributed by atoms with Crippen LogP contribution < -0.4 is 0 Å². The van der Waals surface area contributed by atoms with Crippen LogP contribution in [0.1, 0.15) is 26.7 Å². The second kappa shape index (κ2) is 5.58. The number of allylic oxidation sites excluding steroid dienone is 1. The number of carbonyl (C=O) groups excluding carboxylic acids is 1. The predicted octanol–water partition coefficient (Wildman–Crippen LogP) is 2.67. The Labute approximate surface area is 73.9 Å². The van der Waals surface area contributed by atoms with Crippen LogP contribution in [0.4, 0.5) is 0 Å². The van der Waals surface area contributed by atoms with Crippen LogP contribution in [0.5, 0.6) is 0 Å². The summed E-state index contributed by atoms with van der Waals surface area (Å²) in [5.74, 6) is 0.0630. The van der Waals surface area contributed by atoms with Crippen LogP contribution in [0.2, 0.25) is 0 Å². The fourth-order valence-corrected chi connectivity index (χ4v) is 0.497. The summed E-state index contributed by atoms with van der Waals surface area (Å²) in [4.78, 5) is 10.5. The van der Waals surface area contributed by atoms with Crippen molar-refractivity contribution in [1.29, 1.82) is 0 Å². The zero-order chi connectivity index (χ0) is 9.56. The summed E-state index contributed by atoms with van der Waals surface area (Å²) in [7, 11) is 0. The van der Waals surface area contributed by atoms with Gasteiger partial charge >= 0.3 is 5.97 Å². The first kappa shape index (κ1) is 11.0. The number of rotatable bonds is 2. The number of esters is 1. The lowest BCUT2D eigenvalue weighted by molar-refractivity contribution is -0.139. The normalized spacial score (nSPS) is 13.8. The van der Waals surface area contributed by atoms with Gasteiger partial charge in [-0.2, -0.15) is 0 Å². The van der Waals surface area contributed by atoms with Crippen molar-refractivity contribution in [1.82, 2.24) is 0 Å². The van der Waals surface area contributed by atoms with E-state index in [9.17, 15) is 4.79 Å². The molecular weight excluding hydrogens is 152 g/mol. The van der Waals surface area contributed by atoms with E-state index in [0.717, 1.165) is 12.8 Å². The molecule has 1 aliphatic carbocycles. The molecule has 68 valence electrons. The van der Waals surface area contributed by atoms with E-state index in [1.165, 1.54) is 11.8 Å². The van der Waals surface area contributed by atoms with Crippen LogP contribution in [0.25, 0.3) is 0 Å². The van der Waals surface area contributed by atoms with Crippen molar-refractivity contribution in [2.75, 3.05) is 0 Å². The van der Waals surface area contributed by atoms with E-state index in [2.05, 4.69) is 17.9 Å². The highest BCUT2D eigenvalue weighted by molar-refractivity contribution is 5.75. The monoisotopic (exact) mass is 168 g/mol. The maximum Gasteiger partial charge on any atom is 0.313 e. The smallest absolute Gasteiger partial charge is 0.313 e. The third-order valence-corrected chi connectivity index (χ3v) is 1.11. The number of hydrogen-bond donors (Lipinski definition) is 0. The fraction of sp³-hybridized carbons (Fsp3) is 0.500. The number of carbonyl (C=O) groups is 1. The molecule has 0 bridgehead atoms. The second-order valence-corrected chi connectivity index (χ2v) is 3.08. The van der Waals surface area contributed by atoms with Crippen molar-refractivity contribution in [2.24, 2.45) is 5.92 Å². The van der Waals surface area contributed by atoms with E-state index in [1.807, 2.05) is 13.8 Å². The molecule has 0 heterocycles. The Hall–Kier alpha value is -1.05. The third-order valence-electron chi connectivity index (χ3n) is 1.11. The van der Waals surface area contributed by atoms with E-state index in [4.69, 9.17) is 0 Å². The fourth-order valence-electron chi connectivity index (χ4n) is 0.497. The molecule has 1 saturated carbocycles. The first-order valence-electron chi connectivity index (χ1n) is 4.01. The Kier molecular flexibility index (Phi) is 5.09. The van der Waals surface area contributed by atoms with Crippen molar-refractivity contribution in [3.05, 3.63) is 25.0 Å². The zero-order valence-electron chi connectivity index (χ0n) is 7.80. The first-order valence-corrected chi connectivity index (χ1v) is 4.01. The lowest BCUT2D eigenvalue weighted by atomic mass is 10.4. The minimum atomic E-state index is -0.125. The van der Waals surface area contributed by atoms with E-state index in [0.29, 0.717) is 0 Å². The van der Waals surface area contributed by atoms with Gasteiger partial charge in [0.05, 0.1) is 12.2 Å². The molecule has 2 nitrogen and oxygen atoms in total. The molecule has 0 radical (unpaired) electrons. The van der Waals surface area contributed by atoms with Crippen LogP contribution in [0, 0.1) is 5.92 Å². The molecule has 0 aromatic heterocycles. The van der Waals surface area contributed by atoms with Gasteiger partial charge in [0.2, 0.25) is 0 Å². The van der Waals surface area contributed by atoms with Gasteiger partial charge in [-0.25, -0.2) is 0 Å². The minimum Gasteiger partial charge on any atom is -0.435 e. The highest BCUT2D eigenvalue weighted by atomic mass is 16.5. The quantitative estimate of drug-likeness (QED) is 0.360. The maximum absolute atomic E-state index is 10.5. The summed E-state index contributed by atoms with van der Waals surface area (Å²) < 4.78 is 4.49. The topological polar surface area (TPSA) is 26.3 Å². The largest absolute Gasteiger partial charge is 0.435 e. The van der Waals surface area contributed by atoms with E-state index in [-0.39, 0.29) is 11.9 Å². The standard InChI is InChI=1S/C6H8O2.C4H8/c1-2-8-6(7)5-3-4-5;1-4(2)3/h2,5H,1,3-4H2;1H2,2-3H3. The molecule has 0 atom stereocenters. The van der Waals surface area contributed by atoms with Crippen LogP contribution in [-0.4, -0.2) is 5.97 Å². The molecule has 0 spiro atoms. The average molecular weight is 168 g/mol. The SMILES string of the molecule is C=C(C)C.C=COC(=O)C1CC1. The molecule has 0 N–H and O–H groups in total. The van der Waals surface area contributed by atoms with Gasteiger partial charge in [-0.05, 0) is 26.7 Å². The maximum atomic E-state index is 10.5. The van der Waals surface area contributed by atoms with E-state index in [1.54, 1.807) is 0 Å². The Balaban J connectivity index is 0.000000261.